The van der Waals surface area contributed by atoms with E-state index in [0.717, 1.165) is 51.8 Å². The summed E-state index contributed by atoms with van der Waals surface area (Å²) >= 11 is 3.63. The number of rotatable bonds is 5. The second-order valence-electron chi connectivity index (χ2n) is 8.78. The molecule has 0 radical (unpaired) electrons. The summed E-state index contributed by atoms with van der Waals surface area (Å²) in [6, 6.07) is 5.79. The van der Waals surface area contributed by atoms with Crippen LogP contribution in [0.5, 0.6) is 5.75 Å². The van der Waals surface area contributed by atoms with Gasteiger partial charge in [-0.2, -0.15) is 9.61 Å². The number of hydrogen-bond acceptors (Lipinski definition) is 7. The fourth-order valence-electron chi connectivity index (χ4n) is 4.70. The summed E-state index contributed by atoms with van der Waals surface area (Å²) in [5.41, 5.74) is 11.3. The summed E-state index contributed by atoms with van der Waals surface area (Å²) in [5, 5.41) is 13.9. The number of carboxylic acids is 1. The van der Waals surface area contributed by atoms with Crippen LogP contribution in [0, 0.1) is 5.92 Å². The lowest BCUT2D eigenvalue weighted by Crippen LogP contribution is -2.12. The lowest BCUT2D eigenvalue weighted by Gasteiger charge is -2.17. The molecule has 3 N–H and O–H groups in total. The normalized spacial score (nSPS) is 18.3. The summed E-state index contributed by atoms with van der Waals surface area (Å²) in [7, 11) is 1.60. The molecule has 9 nitrogen and oxygen atoms in total. The first-order valence-corrected chi connectivity index (χ1v) is 12.3. The van der Waals surface area contributed by atoms with Gasteiger partial charge in [-0.05, 0) is 53.7 Å². The van der Waals surface area contributed by atoms with E-state index in [1.165, 1.54) is 0 Å². The number of carboxylic acid groups (broad SMARTS) is 1. The number of carbonyl (C=O) groups is 1. The number of fused-ring (bicyclic) bond motifs is 1. The number of hydrogen-bond donors (Lipinski definition) is 2. The summed E-state index contributed by atoms with van der Waals surface area (Å²) < 4.78 is 7.60. The van der Waals surface area contributed by atoms with Gasteiger partial charge in [-0.25, -0.2) is 4.98 Å². The molecule has 1 aliphatic carbocycles. The van der Waals surface area contributed by atoms with E-state index >= 15 is 0 Å². The van der Waals surface area contributed by atoms with Crippen molar-refractivity contribution in [1.82, 2.24) is 24.6 Å². The van der Waals surface area contributed by atoms with E-state index in [0.29, 0.717) is 30.1 Å². The van der Waals surface area contributed by atoms with Crippen molar-refractivity contribution in [3.63, 3.8) is 0 Å². The zero-order valence-corrected chi connectivity index (χ0v) is 20.8. The Hall–Kier alpha value is -3.53. The molecule has 180 valence electrons. The van der Waals surface area contributed by atoms with Crippen molar-refractivity contribution >= 4 is 33.4 Å². The van der Waals surface area contributed by atoms with Crippen molar-refractivity contribution in [1.29, 1.82) is 0 Å². The van der Waals surface area contributed by atoms with Crippen LogP contribution in [0.3, 0.4) is 0 Å². The summed E-state index contributed by atoms with van der Waals surface area (Å²) in [5.74, 6) is 0.260. The van der Waals surface area contributed by atoms with Gasteiger partial charge in [-0.1, -0.05) is 12.5 Å². The molecule has 5 rings (SSSR count). The average Bonchev–Trinajstić information content (AvgIpc) is 3.15. The second-order valence-corrected chi connectivity index (χ2v) is 9.57. The molecule has 1 aliphatic rings. The largest absolute Gasteiger partial charge is 0.495 e. The van der Waals surface area contributed by atoms with Crippen LogP contribution in [0.2, 0.25) is 0 Å². The molecule has 0 spiro atoms. The fourth-order valence-corrected chi connectivity index (χ4v) is 5.28. The number of aliphatic carboxylic acids is 1. The van der Waals surface area contributed by atoms with Crippen molar-refractivity contribution in [2.75, 3.05) is 12.8 Å². The SMILES string of the molecule is COc1cncc(-c2ccc(-c3cnn4c(N)c(Br)c(C5CCCC(C(=O)O)CC5)nc34)cn2)c1. The van der Waals surface area contributed by atoms with Crippen LogP contribution in [-0.4, -0.2) is 42.8 Å². The predicted octanol–water partition coefficient (Wildman–Crippen LogP) is 4.96. The summed E-state index contributed by atoms with van der Waals surface area (Å²) in [6.45, 7) is 0. The Morgan fingerprint density at radius 2 is 2.00 bits per heavy atom. The summed E-state index contributed by atoms with van der Waals surface area (Å²) in [4.78, 5) is 25.3. The highest BCUT2D eigenvalue weighted by atomic mass is 79.9. The highest BCUT2D eigenvalue weighted by Gasteiger charge is 2.28. The standard InChI is InChI=1S/C25H25BrN6O3/c1-35-18-9-17(10-28-12-18)20-8-7-16(11-29-20)19-13-30-32-23(27)21(26)22(31-24(19)32)14-3-2-4-15(6-5-14)25(33)34/h7-15H,2-6,27H2,1H3,(H,33,34). The molecule has 1 fully saturated rings. The minimum Gasteiger partial charge on any atom is -0.495 e. The molecule has 35 heavy (non-hydrogen) atoms. The van der Waals surface area contributed by atoms with Crippen LogP contribution in [0.15, 0.2) is 47.5 Å². The maximum atomic E-state index is 11.5. The van der Waals surface area contributed by atoms with E-state index in [2.05, 4.69) is 31.0 Å². The maximum absolute atomic E-state index is 11.5. The molecular formula is C25H25BrN6O3. The van der Waals surface area contributed by atoms with E-state index < -0.39 is 5.97 Å². The van der Waals surface area contributed by atoms with E-state index in [4.69, 9.17) is 15.5 Å². The van der Waals surface area contributed by atoms with E-state index in [-0.39, 0.29) is 11.8 Å². The molecule has 0 amide bonds. The average molecular weight is 537 g/mol. The smallest absolute Gasteiger partial charge is 0.306 e. The predicted molar refractivity (Wildman–Crippen MR) is 135 cm³/mol. The topological polar surface area (TPSA) is 129 Å². The van der Waals surface area contributed by atoms with Gasteiger partial charge in [-0.3, -0.25) is 14.8 Å². The minimum atomic E-state index is -0.716. The molecule has 0 aliphatic heterocycles. The van der Waals surface area contributed by atoms with Crippen LogP contribution in [0.4, 0.5) is 5.82 Å². The van der Waals surface area contributed by atoms with Crippen molar-refractivity contribution in [3.05, 3.63) is 53.2 Å². The van der Waals surface area contributed by atoms with Gasteiger partial charge in [0, 0.05) is 35.0 Å². The van der Waals surface area contributed by atoms with Crippen LogP contribution >= 0.6 is 15.9 Å². The number of halogens is 1. The Labute approximate surface area is 210 Å². The number of nitrogen functional groups attached to an aromatic ring is 1. The number of anilines is 1. The van der Waals surface area contributed by atoms with Crippen LogP contribution < -0.4 is 10.5 Å². The lowest BCUT2D eigenvalue weighted by molar-refractivity contribution is -0.142. The van der Waals surface area contributed by atoms with Crippen molar-refractivity contribution in [2.45, 2.75) is 38.0 Å². The first kappa shape index (κ1) is 23.2. The van der Waals surface area contributed by atoms with Gasteiger partial charge in [0.25, 0.3) is 0 Å². The number of nitrogens with two attached hydrogens (primary N) is 1. The van der Waals surface area contributed by atoms with Gasteiger partial charge < -0.3 is 15.6 Å². The van der Waals surface area contributed by atoms with Gasteiger partial charge in [0.1, 0.15) is 11.6 Å². The fraction of sp³-hybridized carbons (Fsp3) is 0.320. The molecule has 0 aromatic carbocycles. The Kier molecular flexibility index (Phi) is 6.38. The molecule has 0 saturated heterocycles. The Morgan fingerprint density at radius 3 is 2.74 bits per heavy atom. The number of nitrogens with zero attached hydrogens (tertiary/aromatic N) is 5. The van der Waals surface area contributed by atoms with Gasteiger partial charge >= 0.3 is 5.97 Å². The first-order valence-electron chi connectivity index (χ1n) is 11.5. The number of ether oxygens (including phenoxy) is 1. The molecule has 0 bridgehead atoms. The van der Waals surface area contributed by atoms with E-state index in [1.807, 2.05) is 18.2 Å². The number of pyridine rings is 2. The van der Waals surface area contributed by atoms with E-state index in [9.17, 15) is 9.90 Å². The Bertz CT molecular complexity index is 1390. The monoisotopic (exact) mass is 536 g/mol. The quantitative estimate of drug-likeness (QED) is 0.342. The second kappa shape index (κ2) is 9.61. The van der Waals surface area contributed by atoms with Gasteiger partial charge in [0.2, 0.25) is 0 Å². The third-order valence-electron chi connectivity index (χ3n) is 6.67. The molecule has 2 unspecified atom stereocenters. The van der Waals surface area contributed by atoms with Crippen LogP contribution in [0.25, 0.3) is 28.0 Å². The van der Waals surface area contributed by atoms with Crippen molar-refractivity contribution < 1.29 is 14.6 Å². The zero-order valence-electron chi connectivity index (χ0n) is 19.2. The van der Waals surface area contributed by atoms with Crippen LogP contribution in [-0.2, 0) is 4.79 Å². The van der Waals surface area contributed by atoms with Crippen molar-refractivity contribution in [3.8, 4) is 28.1 Å². The highest BCUT2D eigenvalue weighted by Crippen LogP contribution is 2.39. The Morgan fingerprint density at radius 1 is 1.14 bits per heavy atom. The van der Waals surface area contributed by atoms with Gasteiger partial charge in [-0.15, -0.1) is 0 Å². The van der Waals surface area contributed by atoms with E-state index in [1.54, 1.807) is 36.4 Å². The number of aromatic nitrogens is 5. The minimum absolute atomic E-state index is 0.129. The molecule has 10 heteroatoms. The highest BCUT2D eigenvalue weighted by molar-refractivity contribution is 9.10. The Balaban J connectivity index is 1.50. The van der Waals surface area contributed by atoms with Crippen LogP contribution in [0.1, 0.15) is 43.7 Å². The third-order valence-corrected chi connectivity index (χ3v) is 7.48. The lowest BCUT2D eigenvalue weighted by atomic mass is 9.95. The maximum Gasteiger partial charge on any atom is 0.306 e. The van der Waals surface area contributed by atoms with Gasteiger partial charge in [0.05, 0.1) is 41.3 Å². The van der Waals surface area contributed by atoms with Gasteiger partial charge in [0.15, 0.2) is 5.65 Å². The first-order chi connectivity index (χ1) is 17.0. The molecule has 4 heterocycles. The third kappa shape index (κ3) is 4.45. The molecule has 4 aromatic heterocycles. The van der Waals surface area contributed by atoms with Crippen molar-refractivity contribution in [2.24, 2.45) is 5.92 Å². The molecule has 1 saturated carbocycles. The molecule has 2 atom stereocenters. The summed E-state index contributed by atoms with van der Waals surface area (Å²) in [6.07, 6.45) is 10.7. The number of methoxy groups -OCH3 is 1. The molecular weight excluding hydrogens is 512 g/mol. The molecule has 4 aromatic rings. The zero-order chi connectivity index (χ0) is 24.5.